The second-order valence-corrected chi connectivity index (χ2v) is 7.78. The zero-order valence-electron chi connectivity index (χ0n) is 16.0. The highest BCUT2D eigenvalue weighted by Gasteiger charge is 2.37. The molecule has 29 heavy (non-hydrogen) atoms. The van der Waals surface area contributed by atoms with Crippen LogP contribution in [0.5, 0.6) is 0 Å². The molecule has 0 aliphatic carbocycles. The van der Waals surface area contributed by atoms with Gasteiger partial charge in [0.1, 0.15) is 0 Å². The number of benzene rings is 2. The first kappa shape index (κ1) is 19.6. The van der Waals surface area contributed by atoms with Crippen LogP contribution in [0.3, 0.4) is 0 Å². The summed E-state index contributed by atoms with van der Waals surface area (Å²) in [7, 11) is 0. The van der Waals surface area contributed by atoms with E-state index in [-0.39, 0.29) is 11.5 Å². The van der Waals surface area contributed by atoms with Crippen molar-refractivity contribution < 1.29 is 14.4 Å². The molecule has 0 saturated carbocycles. The van der Waals surface area contributed by atoms with Gasteiger partial charge in [-0.2, -0.15) is 0 Å². The Bertz CT molecular complexity index is 952. The van der Waals surface area contributed by atoms with Crippen molar-refractivity contribution in [3.63, 3.8) is 0 Å². The zero-order valence-corrected chi connectivity index (χ0v) is 16.7. The summed E-state index contributed by atoms with van der Waals surface area (Å²) >= 11 is 5.89. The Labute approximate surface area is 174 Å². The number of piperidine rings is 1. The summed E-state index contributed by atoms with van der Waals surface area (Å²) in [4.78, 5) is 41.5. The van der Waals surface area contributed by atoms with E-state index in [2.05, 4.69) is 10.2 Å². The smallest absolute Gasteiger partial charge is 0.266 e. The second-order valence-electron chi connectivity index (χ2n) is 7.34. The third-order valence-corrected chi connectivity index (χ3v) is 5.65. The molecular weight excluding hydrogens is 390 g/mol. The van der Waals surface area contributed by atoms with Crippen LogP contribution in [0, 0.1) is 0 Å². The van der Waals surface area contributed by atoms with E-state index < -0.39 is 11.8 Å². The van der Waals surface area contributed by atoms with Crippen LogP contribution in [-0.2, 0) is 0 Å². The van der Waals surface area contributed by atoms with Crippen molar-refractivity contribution in [3.05, 3.63) is 64.2 Å². The van der Waals surface area contributed by atoms with Crippen LogP contribution in [0.1, 0.15) is 50.3 Å². The molecule has 0 aromatic heterocycles. The number of carbonyl (C=O) groups excluding carboxylic acids is 3. The molecule has 1 fully saturated rings. The third-order valence-electron chi connectivity index (χ3n) is 5.40. The van der Waals surface area contributed by atoms with Crippen LogP contribution in [0.15, 0.2) is 42.5 Å². The first-order chi connectivity index (χ1) is 14.0. The Hall–Kier alpha value is -2.70. The molecule has 2 aromatic rings. The number of likely N-dealkylation sites (tertiary alicyclic amines) is 1. The van der Waals surface area contributed by atoms with Crippen LogP contribution in [0.25, 0.3) is 0 Å². The normalized spacial score (nSPS) is 16.8. The highest BCUT2D eigenvalue weighted by Crippen LogP contribution is 2.29. The molecule has 2 aliphatic rings. The molecular formula is C22H22ClN3O3. The summed E-state index contributed by atoms with van der Waals surface area (Å²) in [6, 6.07) is 11.1. The van der Waals surface area contributed by atoms with Gasteiger partial charge in [0.05, 0.1) is 16.8 Å². The number of fused-ring (bicyclic) bond motifs is 1. The van der Waals surface area contributed by atoms with Gasteiger partial charge in [-0.15, -0.1) is 0 Å². The van der Waals surface area contributed by atoms with Gasteiger partial charge in [0.15, 0.2) is 0 Å². The molecule has 2 aromatic carbocycles. The lowest BCUT2D eigenvalue weighted by molar-refractivity contribution is 0.0923. The Morgan fingerprint density at radius 3 is 2.34 bits per heavy atom. The van der Waals surface area contributed by atoms with Crippen molar-refractivity contribution in [2.45, 2.75) is 19.3 Å². The maximum absolute atomic E-state index is 12.8. The monoisotopic (exact) mass is 411 g/mol. The number of hydrogen-bond acceptors (Lipinski definition) is 4. The number of nitrogens with one attached hydrogen (secondary N) is 1. The largest absolute Gasteiger partial charge is 0.351 e. The van der Waals surface area contributed by atoms with E-state index in [0.717, 1.165) is 24.5 Å². The van der Waals surface area contributed by atoms with E-state index in [0.29, 0.717) is 28.4 Å². The first-order valence-corrected chi connectivity index (χ1v) is 10.2. The van der Waals surface area contributed by atoms with Gasteiger partial charge in [-0.05, 0) is 68.4 Å². The Kier molecular flexibility index (Phi) is 5.65. The molecule has 2 aliphatic heterocycles. The van der Waals surface area contributed by atoms with Crippen LogP contribution in [-0.4, -0.2) is 48.8 Å². The summed E-state index contributed by atoms with van der Waals surface area (Å²) in [6.45, 7) is 3.52. The van der Waals surface area contributed by atoms with Crippen molar-refractivity contribution in [3.8, 4) is 0 Å². The highest BCUT2D eigenvalue weighted by molar-refractivity contribution is 6.35. The minimum absolute atomic E-state index is 0.241. The maximum atomic E-state index is 12.8. The van der Waals surface area contributed by atoms with Gasteiger partial charge in [0, 0.05) is 23.7 Å². The van der Waals surface area contributed by atoms with E-state index in [4.69, 9.17) is 11.6 Å². The predicted molar refractivity (Wildman–Crippen MR) is 112 cm³/mol. The predicted octanol–water partition coefficient (Wildman–Crippen LogP) is 3.36. The number of carbonyl (C=O) groups is 3. The molecule has 0 atom stereocenters. The Balaban J connectivity index is 1.45. The number of imide groups is 1. The summed E-state index contributed by atoms with van der Waals surface area (Å²) in [6.07, 6.45) is 3.69. The summed E-state index contributed by atoms with van der Waals surface area (Å²) in [5.74, 6) is -1.07. The minimum Gasteiger partial charge on any atom is -0.351 e. The number of anilines is 1. The van der Waals surface area contributed by atoms with Crippen LogP contribution in [0.4, 0.5) is 5.69 Å². The van der Waals surface area contributed by atoms with Crippen molar-refractivity contribution in [2.24, 2.45) is 0 Å². The lowest BCUT2D eigenvalue weighted by atomic mass is 10.1. The maximum Gasteiger partial charge on any atom is 0.266 e. The van der Waals surface area contributed by atoms with Gasteiger partial charge >= 0.3 is 0 Å². The third kappa shape index (κ3) is 4.04. The fourth-order valence-electron chi connectivity index (χ4n) is 3.82. The number of nitrogens with zero attached hydrogens (tertiary/aromatic N) is 2. The second kappa shape index (κ2) is 8.35. The summed E-state index contributed by atoms with van der Waals surface area (Å²) in [5, 5.41) is 3.43. The zero-order chi connectivity index (χ0) is 20.4. The molecule has 7 heteroatoms. The Morgan fingerprint density at radius 2 is 1.62 bits per heavy atom. The average Bonchev–Trinajstić information content (AvgIpc) is 2.99. The standard InChI is InChI=1S/C22H22ClN3O3/c23-16-5-7-17(8-6-16)26-21(28)18-9-4-15(14-19(18)22(26)29)20(27)24-10-13-25-11-2-1-3-12-25/h4-9,14H,1-3,10-13H2,(H,24,27). The first-order valence-electron chi connectivity index (χ1n) is 9.83. The fourth-order valence-corrected chi connectivity index (χ4v) is 3.95. The van der Waals surface area contributed by atoms with E-state index in [9.17, 15) is 14.4 Å². The molecule has 0 spiro atoms. The SMILES string of the molecule is O=C(NCCN1CCCCC1)c1ccc2c(c1)C(=O)N(c1ccc(Cl)cc1)C2=O. The number of hydrogen-bond donors (Lipinski definition) is 1. The van der Waals surface area contributed by atoms with Crippen LogP contribution >= 0.6 is 11.6 Å². The van der Waals surface area contributed by atoms with Gasteiger partial charge in [-0.25, -0.2) is 4.90 Å². The molecule has 6 nitrogen and oxygen atoms in total. The minimum atomic E-state index is -0.435. The Morgan fingerprint density at radius 1 is 0.931 bits per heavy atom. The molecule has 0 bridgehead atoms. The van der Waals surface area contributed by atoms with Gasteiger partial charge < -0.3 is 10.2 Å². The van der Waals surface area contributed by atoms with Gasteiger partial charge in [0.2, 0.25) is 0 Å². The highest BCUT2D eigenvalue weighted by atomic mass is 35.5. The van der Waals surface area contributed by atoms with Crippen molar-refractivity contribution in [2.75, 3.05) is 31.1 Å². The van der Waals surface area contributed by atoms with E-state index in [1.165, 1.54) is 25.3 Å². The van der Waals surface area contributed by atoms with Crippen LogP contribution < -0.4 is 10.2 Å². The van der Waals surface area contributed by atoms with Crippen molar-refractivity contribution in [1.82, 2.24) is 10.2 Å². The number of halogens is 1. The molecule has 4 rings (SSSR count). The quantitative estimate of drug-likeness (QED) is 0.766. The molecule has 1 saturated heterocycles. The van der Waals surface area contributed by atoms with E-state index in [1.807, 2.05) is 0 Å². The lowest BCUT2D eigenvalue weighted by Gasteiger charge is -2.26. The average molecular weight is 412 g/mol. The fraction of sp³-hybridized carbons (Fsp3) is 0.318. The van der Waals surface area contributed by atoms with Crippen molar-refractivity contribution >= 4 is 35.0 Å². The lowest BCUT2D eigenvalue weighted by Crippen LogP contribution is -2.37. The van der Waals surface area contributed by atoms with E-state index in [1.54, 1.807) is 36.4 Å². The topological polar surface area (TPSA) is 69.7 Å². The molecule has 2 heterocycles. The molecule has 150 valence electrons. The van der Waals surface area contributed by atoms with E-state index >= 15 is 0 Å². The van der Waals surface area contributed by atoms with Crippen molar-refractivity contribution in [1.29, 1.82) is 0 Å². The van der Waals surface area contributed by atoms with Gasteiger partial charge in [0.25, 0.3) is 17.7 Å². The summed E-state index contributed by atoms with van der Waals surface area (Å²) < 4.78 is 0. The van der Waals surface area contributed by atoms with Gasteiger partial charge in [-0.3, -0.25) is 14.4 Å². The van der Waals surface area contributed by atoms with Gasteiger partial charge in [-0.1, -0.05) is 18.0 Å². The molecule has 0 radical (unpaired) electrons. The van der Waals surface area contributed by atoms with Crippen LogP contribution in [0.2, 0.25) is 5.02 Å². The molecule has 0 unspecified atom stereocenters. The number of rotatable bonds is 5. The summed E-state index contributed by atoms with van der Waals surface area (Å²) in [5.41, 5.74) is 1.37. The molecule has 1 N–H and O–H groups in total. The molecule has 3 amide bonds. The number of amides is 3.